The number of fused-ring (bicyclic) bond motifs is 3. The van der Waals surface area contributed by atoms with Gasteiger partial charge in [0.15, 0.2) is 5.13 Å². The number of rotatable bonds is 4. The van der Waals surface area contributed by atoms with E-state index < -0.39 is 0 Å². The number of terminal acetylenes is 1. The molecule has 6 heteroatoms. The molecule has 2 aromatic heterocycles. The summed E-state index contributed by atoms with van der Waals surface area (Å²) in [5.41, 5.74) is 4.69. The molecular weight excluding hydrogens is 356 g/mol. The number of aromatic nitrogens is 2. The lowest BCUT2D eigenvalue weighted by Crippen LogP contribution is -2.34. The molecule has 0 bridgehead atoms. The quantitative estimate of drug-likeness (QED) is 0.693. The fourth-order valence-corrected chi connectivity index (χ4v) is 4.35. The fraction of sp³-hybridized carbons (Fsp3) is 0.286. The highest BCUT2D eigenvalue weighted by Crippen LogP contribution is 2.33. The summed E-state index contributed by atoms with van der Waals surface area (Å²) < 4.78 is 1.11. The summed E-state index contributed by atoms with van der Waals surface area (Å²) in [6.07, 6.45) is 13.5. The Hall–Kier alpha value is -2.91. The largest absolute Gasteiger partial charge is 0.324 e. The van der Waals surface area contributed by atoms with Crippen molar-refractivity contribution in [3.05, 3.63) is 53.3 Å². The van der Waals surface area contributed by atoms with Crippen molar-refractivity contribution in [1.29, 1.82) is 0 Å². The SMILES string of the molecule is C#CCN(Cc1cccnc1)C(=O)Nc1nc2c3c(ccc2s1)CCCC3. The second kappa shape index (κ2) is 7.77. The molecule has 3 aromatic rings. The molecule has 0 fully saturated rings. The molecule has 0 aliphatic heterocycles. The fourth-order valence-electron chi connectivity index (χ4n) is 3.47. The third-order valence-electron chi connectivity index (χ3n) is 4.77. The molecule has 5 nitrogen and oxygen atoms in total. The molecule has 4 rings (SSSR count). The van der Waals surface area contributed by atoms with Crippen molar-refractivity contribution in [2.24, 2.45) is 0 Å². The predicted molar refractivity (Wildman–Crippen MR) is 109 cm³/mol. The molecule has 1 N–H and O–H groups in total. The lowest BCUT2D eigenvalue weighted by molar-refractivity contribution is 0.216. The van der Waals surface area contributed by atoms with Gasteiger partial charge >= 0.3 is 6.03 Å². The van der Waals surface area contributed by atoms with Gasteiger partial charge in [0.25, 0.3) is 0 Å². The Balaban J connectivity index is 1.55. The Labute approximate surface area is 162 Å². The number of pyridine rings is 1. The number of nitrogens with zero attached hydrogens (tertiary/aromatic N) is 3. The first-order valence-electron chi connectivity index (χ1n) is 9.04. The third-order valence-corrected chi connectivity index (χ3v) is 5.70. The molecule has 1 aliphatic carbocycles. The van der Waals surface area contributed by atoms with Gasteiger partial charge in [0, 0.05) is 18.9 Å². The minimum absolute atomic E-state index is 0.223. The van der Waals surface area contributed by atoms with Gasteiger partial charge < -0.3 is 4.90 Å². The first-order valence-corrected chi connectivity index (χ1v) is 9.86. The van der Waals surface area contributed by atoms with E-state index >= 15 is 0 Å². The van der Waals surface area contributed by atoms with Crippen LogP contribution in [0.1, 0.15) is 29.5 Å². The zero-order valence-corrected chi connectivity index (χ0v) is 15.8. The Morgan fingerprint density at radius 2 is 2.19 bits per heavy atom. The summed E-state index contributed by atoms with van der Waals surface area (Å²) >= 11 is 1.51. The molecule has 2 heterocycles. The van der Waals surface area contributed by atoms with Crippen LogP contribution in [0.3, 0.4) is 0 Å². The van der Waals surface area contributed by atoms with Crippen molar-refractivity contribution < 1.29 is 4.79 Å². The Morgan fingerprint density at radius 3 is 3.00 bits per heavy atom. The second-order valence-corrected chi connectivity index (χ2v) is 7.66. The van der Waals surface area contributed by atoms with Crippen LogP contribution in [0.25, 0.3) is 10.2 Å². The van der Waals surface area contributed by atoms with Gasteiger partial charge in [-0.1, -0.05) is 29.4 Å². The second-order valence-electron chi connectivity index (χ2n) is 6.63. The van der Waals surface area contributed by atoms with Gasteiger partial charge in [0.1, 0.15) is 0 Å². The third kappa shape index (κ3) is 3.79. The van der Waals surface area contributed by atoms with E-state index in [0.29, 0.717) is 11.7 Å². The van der Waals surface area contributed by atoms with Gasteiger partial charge in [-0.3, -0.25) is 10.3 Å². The van der Waals surface area contributed by atoms with Crippen LogP contribution in [-0.4, -0.2) is 27.4 Å². The van der Waals surface area contributed by atoms with Gasteiger partial charge in [-0.2, -0.15) is 0 Å². The maximum atomic E-state index is 12.7. The van der Waals surface area contributed by atoms with Crippen molar-refractivity contribution in [2.75, 3.05) is 11.9 Å². The average molecular weight is 376 g/mol. The van der Waals surface area contributed by atoms with Gasteiger partial charge in [-0.05, 0) is 54.5 Å². The lowest BCUT2D eigenvalue weighted by atomic mass is 9.91. The van der Waals surface area contributed by atoms with Crippen molar-refractivity contribution >= 4 is 32.7 Å². The van der Waals surface area contributed by atoms with Crippen LogP contribution in [0.5, 0.6) is 0 Å². The molecule has 0 radical (unpaired) electrons. The van der Waals surface area contributed by atoms with E-state index in [0.717, 1.165) is 28.6 Å². The van der Waals surface area contributed by atoms with E-state index in [4.69, 9.17) is 11.4 Å². The number of carbonyl (C=O) groups is 1. The predicted octanol–water partition coefficient (Wildman–Crippen LogP) is 4.24. The molecule has 1 aliphatic rings. The number of anilines is 1. The number of benzene rings is 1. The number of thiazole rings is 1. The zero-order chi connectivity index (χ0) is 18.6. The van der Waals surface area contributed by atoms with Gasteiger partial charge in [-0.25, -0.2) is 9.78 Å². The standard InChI is InChI=1S/C21H20N4OS/c1-2-12-25(14-15-6-5-11-22-13-15)21(26)24-20-23-19-17-8-4-3-7-16(17)9-10-18(19)27-20/h1,5-6,9-11,13H,3-4,7-8,12,14H2,(H,23,24,26). The first kappa shape index (κ1) is 17.5. The maximum absolute atomic E-state index is 12.7. The Kier molecular flexibility index (Phi) is 5.03. The summed E-state index contributed by atoms with van der Waals surface area (Å²) in [6.45, 7) is 0.630. The molecule has 1 aromatic carbocycles. The summed E-state index contributed by atoms with van der Waals surface area (Å²) in [4.78, 5) is 23.1. The van der Waals surface area contributed by atoms with Crippen molar-refractivity contribution in [1.82, 2.24) is 14.9 Å². The minimum atomic E-state index is -0.246. The lowest BCUT2D eigenvalue weighted by Gasteiger charge is -2.19. The van der Waals surface area contributed by atoms with Crippen LogP contribution in [0.15, 0.2) is 36.7 Å². The minimum Gasteiger partial charge on any atom is -0.309 e. The topological polar surface area (TPSA) is 58.1 Å². The highest BCUT2D eigenvalue weighted by atomic mass is 32.1. The summed E-state index contributed by atoms with van der Waals surface area (Å²) in [6, 6.07) is 7.84. The highest BCUT2D eigenvalue weighted by molar-refractivity contribution is 7.22. The van der Waals surface area contributed by atoms with Crippen molar-refractivity contribution in [3.8, 4) is 12.3 Å². The van der Waals surface area contributed by atoms with E-state index in [1.165, 1.54) is 35.3 Å². The molecule has 0 atom stereocenters. The van der Waals surface area contributed by atoms with Crippen molar-refractivity contribution in [3.63, 3.8) is 0 Å². The van der Waals surface area contributed by atoms with Crippen molar-refractivity contribution in [2.45, 2.75) is 32.2 Å². The van der Waals surface area contributed by atoms with Crippen LogP contribution >= 0.6 is 11.3 Å². The summed E-state index contributed by atoms with van der Waals surface area (Å²) in [7, 11) is 0. The number of amides is 2. The highest BCUT2D eigenvalue weighted by Gasteiger charge is 2.18. The first-order chi connectivity index (χ1) is 13.2. The van der Waals surface area contributed by atoms with E-state index in [9.17, 15) is 4.79 Å². The number of hydrogen-bond acceptors (Lipinski definition) is 4. The summed E-state index contributed by atoms with van der Waals surface area (Å²) in [5, 5.41) is 3.53. The molecule has 27 heavy (non-hydrogen) atoms. The maximum Gasteiger partial charge on any atom is 0.324 e. The number of urea groups is 1. The molecule has 2 amide bonds. The number of nitrogens with one attached hydrogen (secondary N) is 1. The number of hydrogen-bond donors (Lipinski definition) is 1. The van der Waals surface area contributed by atoms with Crippen LogP contribution in [-0.2, 0) is 19.4 Å². The zero-order valence-electron chi connectivity index (χ0n) is 14.9. The molecule has 0 spiro atoms. The van der Waals surface area contributed by atoms with Gasteiger partial charge in [0.05, 0.1) is 16.8 Å². The molecule has 136 valence electrons. The number of carbonyl (C=O) groups excluding carboxylic acids is 1. The van der Waals surface area contributed by atoms with E-state index in [1.54, 1.807) is 17.3 Å². The van der Waals surface area contributed by atoms with Crippen LogP contribution in [0, 0.1) is 12.3 Å². The molecule has 0 saturated carbocycles. The summed E-state index contributed by atoms with van der Waals surface area (Å²) in [5.74, 6) is 2.55. The smallest absolute Gasteiger partial charge is 0.309 e. The van der Waals surface area contributed by atoms with Crippen LogP contribution in [0.2, 0.25) is 0 Å². The van der Waals surface area contributed by atoms with Gasteiger partial charge in [0.2, 0.25) is 0 Å². The van der Waals surface area contributed by atoms with E-state index in [2.05, 4.69) is 28.4 Å². The van der Waals surface area contributed by atoms with Crippen LogP contribution < -0.4 is 5.32 Å². The van der Waals surface area contributed by atoms with E-state index in [1.807, 2.05) is 12.1 Å². The Morgan fingerprint density at radius 1 is 1.30 bits per heavy atom. The van der Waals surface area contributed by atoms with Gasteiger partial charge in [-0.15, -0.1) is 6.42 Å². The Bertz CT molecular complexity index is 1010. The number of aryl methyl sites for hydroxylation is 2. The molecular formula is C21H20N4OS. The van der Waals surface area contributed by atoms with E-state index in [-0.39, 0.29) is 12.6 Å². The van der Waals surface area contributed by atoms with Crippen LogP contribution in [0.4, 0.5) is 9.93 Å². The molecule has 0 unspecified atom stereocenters. The molecule has 0 saturated heterocycles. The monoisotopic (exact) mass is 376 g/mol. The normalized spacial score (nSPS) is 13.0. The average Bonchev–Trinajstić information content (AvgIpc) is 3.11.